The van der Waals surface area contributed by atoms with Gasteiger partial charge in [-0.3, -0.25) is 4.79 Å². The number of halogens is 3. The molecular weight excluding hydrogens is 437 g/mol. The first-order chi connectivity index (χ1) is 13.7. The first-order valence-corrected chi connectivity index (χ1v) is 10.3. The zero-order chi connectivity index (χ0) is 21.6. The second-order valence-electron chi connectivity index (χ2n) is 6.80. The van der Waals surface area contributed by atoms with Crippen LogP contribution in [0.2, 0.25) is 15.1 Å². The normalized spacial score (nSPS) is 12.1. The number of hydrogen-bond donors (Lipinski definition) is 2. The third kappa shape index (κ3) is 6.68. The molecule has 8 heteroatoms. The van der Waals surface area contributed by atoms with E-state index >= 15 is 0 Å². The summed E-state index contributed by atoms with van der Waals surface area (Å²) in [5.41, 5.74) is 1.58. The Morgan fingerprint density at radius 2 is 1.72 bits per heavy atom. The highest BCUT2D eigenvalue weighted by atomic mass is 35.5. The highest BCUT2D eigenvalue weighted by molar-refractivity contribution is 6.42. The van der Waals surface area contributed by atoms with Gasteiger partial charge in [0.25, 0.3) is 0 Å². The van der Waals surface area contributed by atoms with Gasteiger partial charge in [0.1, 0.15) is 12.6 Å². The molecule has 2 rings (SSSR count). The predicted octanol–water partition coefficient (Wildman–Crippen LogP) is 5.82. The average molecular weight is 461 g/mol. The summed E-state index contributed by atoms with van der Waals surface area (Å²) in [6.07, 6.45) is 0. The van der Waals surface area contributed by atoms with E-state index in [1.54, 1.807) is 24.3 Å². The summed E-state index contributed by atoms with van der Waals surface area (Å²) >= 11 is 18.4. The lowest BCUT2D eigenvalue weighted by atomic mass is 10.0. The van der Waals surface area contributed by atoms with Crippen molar-refractivity contribution >= 4 is 40.8 Å². The van der Waals surface area contributed by atoms with Gasteiger partial charge < -0.3 is 19.9 Å². The molecular formula is C21H24Cl3NO4. The maximum absolute atomic E-state index is 11.4. The Balaban J connectivity index is 2.17. The van der Waals surface area contributed by atoms with Gasteiger partial charge in [0.2, 0.25) is 0 Å². The van der Waals surface area contributed by atoms with E-state index in [0.29, 0.717) is 39.7 Å². The van der Waals surface area contributed by atoms with Gasteiger partial charge in [0.05, 0.1) is 16.7 Å². The Hall–Kier alpha value is -1.66. The minimum atomic E-state index is -0.900. The third-order valence-corrected chi connectivity index (χ3v) is 5.33. The highest BCUT2D eigenvalue weighted by Crippen LogP contribution is 2.34. The fourth-order valence-electron chi connectivity index (χ4n) is 2.71. The number of rotatable bonds is 10. The van der Waals surface area contributed by atoms with Gasteiger partial charge in [-0.25, -0.2) is 0 Å². The highest BCUT2D eigenvalue weighted by Gasteiger charge is 2.21. The van der Waals surface area contributed by atoms with Crippen LogP contribution < -0.4 is 14.8 Å². The van der Waals surface area contributed by atoms with Crippen LogP contribution in [0.1, 0.15) is 31.9 Å². The molecule has 0 saturated heterocycles. The van der Waals surface area contributed by atoms with E-state index in [-0.39, 0.29) is 12.5 Å². The largest absolute Gasteiger partial charge is 0.490 e. The molecule has 0 aliphatic heterocycles. The maximum Gasteiger partial charge on any atom is 0.320 e. The molecule has 2 aromatic carbocycles. The van der Waals surface area contributed by atoms with E-state index in [2.05, 4.69) is 5.32 Å². The number of aliphatic carboxylic acids is 1. The van der Waals surface area contributed by atoms with Crippen LogP contribution in [0.4, 0.5) is 0 Å². The van der Waals surface area contributed by atoms with Gasteiger partial charge in [-0.2, -0.15) is 0 Å². The Morgan fingerprint density at radius 3 is 2.31 bits per heavy atom. The molecule has 0 fully saturated rings. The van der Waals surface area contributed by atoms with Crippen LogP contribution in [0.3, 0.4) is 0 Å². The van der Waals surface area contributed by atoms with Crippen LogP contribution in [-0.2, 0) is 17.9 Å². The molecule has 0 bridgehead atoms. The lowest BCUT2D eigenvalue weighted by molar-refractivity contribution is -0.140. The molecule has 0 amide bonds. The number of carboxylic acids is 1. The SMILES string of the molecule is CCOc1cc(CNC(C(=O)O)C(C)C)c(Cl)cc1OCc1ccc(Cl)c(Cl)c1. The van der Waals surface area contributed by atoms with E-state index in [0.717, 1.165) is 11.1 Å². The van der Waals surface area contributed by atoms with Crippen molar-refractivity contribution in [3.8, 4) is 11.5 Å². The summed E-state index contributed by atoms with van der Waals surface area (Å²) < 4.78 is 11.6. The van der Waals surface area contributed by atoms with Gasteiger partial charge in [-0.15, -0.1) is 0 Å². The number of carbonyl (C=O) groups is 1. The first kappa shape index (κ1) is 23.6. The Kier molecular flexibility index (Phi) is 8.90. The lowest BCUT2D eigenvalue weighted by Crippen LogP contribution is -2.40. The van der Waals surface area contributed by atoms with Crippen molar-refractivity contribution in [2.24, 2.45) is 5.92 Å². The molecule has 0 radical (unpaired) electrons. The third-order valence-electron chi connectivity index (χ3n) is 4.24. The number of hydrogen-bond acceptors (Lipinski definition) is 4. The van der Waals surface area contributed by atoms with Crippen LogP contribution >= 0.6 is 34.8 Å². The zero-order valence-electron chi connectivity index (χ0n) is 16.5. The smallest absolute Gasteiger partial charge is 0.320 e. The number of carboxylic acid groups (broad SMARTS) is 1. The standard InChI is InChI=1S/C21H24Cl3NO4/c1-4-28-18-8-14(10-25-20(12(2)3)21(26)27)16(23)9-19(18)29-11-13-5-6-15(22)17(24)7-13/h5-9,12,20,25H,4,10-11H2,1-3H3,(H,26,27). The minimum absolute atomic E-state index is 0.0635. The van der Waals surface area contributed by atoms with E-state index in [4.69, 9.17) is 44.3 Å². The van der Waals surface area contributed by atoms with Crippen LogP contribution in [0.25, 0.3) is 0 Å². The molecule has 2 aromatic rings. The summed E-state index contributed by atoms with van der Waals surface area (Å²) in [6.45, 7) is 6.56. The molecule has 1 atom stereocenters. The van der Waals surface area contributed by atoms with Gasteiger partial charge in [0, 0.05) is 17.6 Å². The van der Waals surface area contributed by atoms with E-state index < -0.39 is 12.0 Å². The number of benzene rings is 2. The summed E-state index contributed by atoms with van der Waals surface area (Å²) in [6, 6.07) is 8.04. The predicted molar refractivity (Wildman–Crippen MR) is 117 cm³/mol. The van der Waals surface area contributed by atoms with E-state index in [1.807, 2.05) is 26.8 Å². The number of nitrogens with one attached hydrogen (secondary N) is 1. The molecule has 158 valence electrons. The molecule has 2 N–H and O–H groups in total. The summed E-state index contributed by atoms with van der Waals surface area (Å²) in [4.78, 5) is 11.4. The average Bonchev–Trinajstić information content (AvgIpc) is 2.65. The van der Waals surface area contributed by atoms with Crippen molar-refractivity contribution < 1.29 is 19.4 Å². The van der Waals surface area contributed by atoms with Crippen molar-refractivity contribution in [2.45, 2.75) is 40.0 Å². The quantitative estimate of drug-likeness (QED) is 0.467. The second kappa shape index (κ2) is 10.9. The topological polar surface area (TPSA) is 67.8 Å². The van der Waals surface area contributed by atoms with E-state index in [1.165, 1.54) is 0 Å². The van der Waals surface area contributed by atoms with Gasteiger partial charge in [-0.05, 0) is 42.2 Å². The number of ether oxygens (including phenoxy) is 2. The summed E-state index contributed by atoms with van der Waals surface area (Å²) in [7, 11) is 0. The fraction of sp³-hybridized carbons (Fsp3) is 0.381. The van der Waals surface area contributed by atoms with Crippen molar-refractivity contribution in [2.75, 3.05) is 6.61 Å². The van der Waals surface area contributed by atoms with Crippen LogP contribution in [0, 0.1) is 5.92 Å². The molecule has 29 heavy (non-hydrogen) atoms. The monoisotopic (exact) mass is 459 g/mol. The van der Waals surface area contributed by atoms with Gasteiger partial charge >= 0.3 is 5.97 Å². The molecule has 0 aliphatic rings. The van der Waals surface area contributed by atoms with Gasteiger partial charge in [0.15, 0.2) is 11.5 Å². The molecule has 0 aromatic heterocycles. The molecule has 1 unspecified atom stereocenters. The zero-order valence-corrected chi connectivity index (χ0v) is 18.7. The maximum atomic E-state index is 11.4. The van der Waals surface area contributed by atoms with Crippen molar-refractivity contribution in [1.29, 1.82) is 0 Å². The summed E-state index contributed by atoms with van der Waals surface area (Å²) in [5, 5.41) is 13.7. The minimum Gasteiger partial charge on any atom is -0.490 e. The fourth-order valence-corrected chi connectivity index (χ4v) is 3.25. The van der Waals surface area contributed by atoms with Crippen LogP contribution in [-0.4, -0.2) is 23.7 Å². The van der Waals surface area contributed by atoms with Crippen molar-refractivity contribution in [3.63, 3.8) is 0 Å². The second-order valence-corrected chi connectivity index (χ2v) is 8.02. The first-order valence-electron chi connectivity index (χ1n) is 9.21. The Bertz CT molecular complexity index is 858. The van der Waals surface area contributed by atoms with Crippen molar-refractivity contribution in [1.82, 2.24) is 5.32 Å². The Labute approximate surface area is 185 Å². The van der Waals surface area contributed by atoms with Crippen molar-refractivity contribution in [3.05, 3.63) is 56.5 Å². The molecule has 0 spiro atoms. The molecule has 0 heterocycles. The van der Waals surface area contributed by atoms with Crippen LogP contribution in [0.5, 0.6) is 11.5 Å². The molecule has 0 aliphatic carbocycles. The molecule has 5 nitrogen and oxygen atoms in total. The van der Waals surface area contributed by atoms with E-state index in [9.17, 15) is 9.90 Å². The van der Waals surface area contributed by atoms with Gasteiger partial charge in [-0.1, -0.05) is 54.7 Å². The molecule has 0 saturated carbocycles. The van der Waals surface area contributed by atoms with Crippen LogP contribution in [0.15, 0.2) is 30.3 Å². The summed E-state index contributed by atoms with van der Waals surface area (Å²) in [5.74, 6) is 0.0599. The Morgan fingerprint density at radius 1 is 1.03 bits per heavy atom. The lowest BCUT2D eigenvalue weighted by Gasteiger charge is -2.19.